The lowest BCUT2D eigenvalue weighted by atomic mass is 9.77. The second-order valence-electron chi connectivity index (χ2n) is 7.77. The molecule has 1 aromatic carbocycles. The van der Waals surface area contributed by atoms with E-state index in [1.807, 2.05) is 0 Å². The molecule has 3 aliphatic heterocycles. The fourth-order valence-electron chi connectivity index (χ4n) is 5.13. The molecule has 3 atom stereocenters. The molecule has 3 heterocycles. The first-order chi connectivity index (χ1) is 12.7. The van der Waals surface area contributed by atoms with Gasteiger partial charge in [0.05, 0.1) is 6.04 Å². The maximum Gasteiger partial charge on any atom is 0.332 e. The molecule has 26 heavy (non-hydrogen) atoms. The van der Waals surface area contributed by atoms with Crippen molar-refractivity contribution >= 4 is 5.97 Å². The summed E-state index contributed by atoms with van der Waals surface area (Å²) in [7, 11) is 0. The minimum absolute atomic E-state index is 0.201. The average Bonchev–Trinajstić information content (AvgIpc) is 3.15. The molecule has 3 heteroatoms. The van der Waals surface area contributed by atoms with Crippen LogP contribution in [0.3, 0.4) is 0 Å². The van der Waals surface area contributed by atoms with Gasteiger partial charge in [-0.25, -0.2) is 4.79 Å². The van der Waals surface area contributed by atoms with E-state index in [-0.39, 0.29) is 5.97 Å². The minimum atomic E-state index is -0.451. The molecule has 3 nitrogen and oxygen atoms in total. The number of fused-ring (bicyclic) bond motifs is 3. The molecule has 132 valence electrons. The average molecular weight is 345 g/mol. The predicted octanol–water partition coefficient (Wildman–Crippen LogP) is 3.39. The van der Waals surface area contributed by atoms with Gasteiger partial charge in [0.25, 0.3) is 0 Å². The van der Waals surface area contributed by atoms with Crippen molar-refractivity contribution in [2.24, 2.45) is 0 Å². The molecule has 5 rings (SSSR count). The normalized spacial score (nSPS) is 32.0. The lowest BCUT2D eigenvalue weighted by molar-refractivity contribution is -0.148. The highest BCUT2D eigenvalue weighted by atomic mass is 16.6. The van der Waals surface area contributed by atoms with Crippen LogP contribution < -0.4 is 0 Å². The van der Waals surface area contributed by atoms with Crippen LogP contribution in [0.15, 0.2) is 47.6 Å². The topological polar surface area (TPSA) is 29.5 Å². The molecule has 1 aromatic rings. The van der Waals surface area contributed by atoms with Crippen molar-refractivity contribution in [1.82, 2.24) is 4.90 Å². The summed E-state index contributed by atoms with van der Waals surface area (Å²) in [5.74, 6) is 6.45. The van der Waals surface area contributed by atoms with Crippen molar-refractivity contribution in [3.63, 3.8) is 0 Å². The number of hydrogen-bond acceptors (Lipinski definition) is 3. The largest absolute Gasteiger partial charge is 0.449 e. The number of carbonyl (C=O) groups is 1. The molecule has 1 aliphatic carbocycles. The zero-order valence-electron chi connectivity index (χ0n) is 15.1. The zero-order valence-corrected chi connectivity index (χ0v) is 15.1. The molecule has 4 aliphatic rings. The number of carbonyl (C=O) groups excluding carboxylic acids is 1. The molecule has 0 saturated carbocycles. The molecule has 3 unspecified atom stereocenters. The molecular formula is C23H23NO2. The highest BCUT2D eigenvalue weighted by Crippen LogP contribution is 2.53. The maximum atomic E-state index is 12.2. The van der Waals surface area contributed by atoms with Crippen molar-refractivity contribution in [3.8, 4) is 11.8 Å². The predicted molar refractivity (Wildman–Crippen MR) is 100 cm³/mol. The number of esters is 1. The van der Waals surface area contributed by atoms with Crippen LogP contribution in [-0.4, -0.2) is 35.1 Å². The Morgan fingerprint density at radius 1 is 1.23 bits per heavy atom. The molecule has 2 bridgehead atoms. The monoisotopic (exact) mass is 345 g/mol. The van der Waals surface area contributed by atoms with Crippen LogP contribution in [0.25, 0.3) is 0 Å². The van der Waals surface area contributed by atoms with Gasteiger partial charge in [-0.1, -0.05) is 43.4 Å². The summed E-state index contributed by atoms with van der Waals surface area (Å²) in [5.41, 5.74) is 3.89. The van der Waals surface area contributed by atoms with Gasteiger partial charge in [-0.05, 0) is 43.5 Å². The van der Waals surface area contributed by atoms with Crippen molar-refractivity contribution in [1.29, 1.82) is 0 Å². The Morgan fingerprint density at radius 2 is 2.08 bits per heavy atom. The maximum absolute atomic E-state index is 12.2. The Balaban J connectivity index is 1.52. The van der Waals surface area contributed by atoms with Crippen LogP contribution in [0.2, 0.25) is 0 Å². The molecule has 0 amide bonds. The smallest absolute Gasteiger partial charge is 0.332 e. The van der Waals surface area contributed by atoms with Crippen LogP contribution >= 0.6 is 0 Å². The Kier molecular flexibility index (Phi) is 3.58. The summed E-state index contributed by atoms with van der Waals surface area (Å²) < 4.78 is 5.94. The third kappa shape index (κ3) is 2.29. The first-order valence-corrected chi connectivity index (χ1v) is 9.74. The van der Waals surface area contributed by atoms with Crippen molar-refractivity contribution in [3.05, 3.63) is 58.7 Å². The Labute approximate surface area is 154 Å². The van der Waals surface area contributed by atoms with Gasteiger partial charge < -0.3 is 4.74 Å². The van der Waals surface area contributed by atoms with Gasteiger partial charge in [-0.3, -0.25) is 4.90 Å². The summed E-state index contributed by atoms with van der Waals surface area (Å²) in [5, 5.41) is 0. The van der Waals surface area contributed by atoms with Crippen LogP contribution in [0.5, 0.6) is 0 Å². The first kappa shape index (κ1) is 15.9. The van der Waals surface area contributed by atoms with E-state index in [1.54, 1.807) is 6.08 Å². The van der Waals surface area contributed by atoms with E-state index >= 15 is 0 Å². The van der Waals surface area contributed by atoms with E-state index in [1.165, 1.54) is 18.4 Å². The van der Waals surface area contributed by atoms with Crippen LogP contribution in [0.4, 0.5) is 0 Å². The highest BCUT2D eigenvalue weighted by molar-refractivity contribution is 5.90. The van der Waals surface area contributed by atoms with E-state index in [9.17, 15) is 4.79 Å². The lowest BCUT2D eigenvalue weighted by Crippen LogP contribution is -2.48. The van der Waals surface area contributed by atoms with Gasteiger partial charge >= 0.3 is 5.97 Å². The minimum Gasteiger partial charge on any atom is -0.449 e. The molecule has 2 fully saturated rings. The van der Waals surface area contributed by atoms with Crippen LogP contribution in [0, 0.1) is 11.8 Å². The third-order valence-corrected chi connectivity index (χ3v) is 6.37. The molecule has 0 aromatic heterocycles. The molecule has 0 radical (unpaired) electrons. The van der Waals surface area contributed by atoms with Crippen molar-refractivity contribution < 1.29 is 9.53 Å². The van der Waals surface area contributed by atoms with E-state index in [4.69, 9.17) is 4.74 Å². The molecule has 2 saturated heterocycles. The van der Waals surface area contributed by atoms with Gasteiger partial charge in [-0.15, -0.1) is 0 Å². The SMILES string of the molecule is CCc1ccc(C#CC2=CC3CC4(OC(=O)C=C24)C2CCCCN32)cc1. The standard InChI is InChI=1S/C23H23NO2/c1-2-16-6-8-17(9-7-16)10-11-18-13-19-15-23(20(18)14-22(25)26-23)21-5-3-4-12-24(19)21/h6-9,13-14,19,21H,2-5,12,15H2,1H3. The van der Waals surface area contributed by atoms with E-state index in [2.05, 4.69) is 54.0 Å². The second kappa shape index (κ2) is 5.86. The first-order valence-electron chi connectivity index (χ1n) is 9.74. The number of rotatable bonds is 1. The van der Waals surface area contributed by atoms with Crippen LogP contribution in [-0.2, 0) is 16.0 Å². The second-order valence-corrected chi connectivity index (χ2v) is 7.77. The van der Waals surface area contributed by atoms with Gasteiger partial charge in [0, 0.05) is 35.2 Å². The number of ether oxygens (including phenoxy) is 1. The number of piperidine rings is 1. The quantitative estimate of drug-likeness (QED) is 0.577. The highest BCUT2D eigenvalue weighted by Gasteiger charge is 2.61. The van der Waals surface area contributed by atoms with E-state index in [0.717, 1.165) is 42.5 Å². The van der Waals surface area contributed by atoms with E-state index < -0.39 is 5.60 Å². The lowest BCUT2D eigenvalue weighted by Gasteiger charge is -2.38. The summed E-state index contributed by atoms with van der Waals surface area (Å²) in [6.45, 7) is 3.25. The Bertz CT molecular complexity index is 883. The summed E-state index contributed by atoms with van der Waals surface area (Å²) in [6, 6.07) is 9.08. The zero-order chi connectivity index (χ0) is 17.7. The third-order valence-electron chi connectivity index (χ3n) is 6.37. The Hall–Kier alpha value is -2.31. The fraction of sp³-hybridized carbons (Fsp3) is 0.435. The number of nitrogens with zero attached hydrogens (tertiary/aromatic N) is 1. The molecule has 1 spiro atoms. The van der Waals surface area contributed by atoms with Gasteiger partial charge in [0.15, 0.2) is 5.60 Å². The fourth-order valence-corrected chi connectivity index (χ4v) is 5.13. The van der Waals surface area contributed by atoms with E-state index in [0.29, 0.717) is 12.1 Å². The van der Waals surface area contributed by atoms with Gasteiger partial charge in [-0.2, -0.15) is 0 Å². The summed E-state index contributed by atoms with van der Waals surface area (Å²) in [4.78, 5) is 14.7. The molecule has 0 N–H and O–H groups in total. The van der Waals surface area contributed by atoms with Gasteiger partial charge in [0.2, 0.25) is 0 Å². The summed E-state index contributed by atoms with van der Waals surface area (Å²) in [6.07, 6.45) is 9.44. The van der Waals surface area contributed by atoms with Crippen molar-refractivity contribution in [2.45, 2.75) is 56.7 Å². The van der Waals surface area contributed by atoms with Gasteiger partial charge in [0.1, 0.15) is 0 Å². The number of hydrogen-bond donors (Lipinski definition) is 0. The number of benzene rings is 1. The van der Waals surface area contributed by atoms with Crippen molar-refractivity contribution in [2.75, 3.05) is 6.54 Å². The number of aryl methyl sites for hydroxylation is 1. The Morgan fingerprint density at radius 3 is 2.88 bits per heavy atom. The molecular weight excluding hydrogens is 322 g/mol. The van der Waals surface area contributed by atoms with Crippen LogP contribution in [0.1, 0.15) is 43.7 Å². The summed E-state index contributed by atoms with van der Waals surface area (Å²) >= 11 is 0.